The lowest BCUT2D eigenvalue weighted by Gasteiger charge is -2.26. The Balaban J connectivity index is 3.91. The van der Waals surface area contributed by atoms with Crippen molar-refractivity contribution in [3.63, 3.8) is 0 Å². The van der Waals surface area contributed by atoms with Crippen molar-refractivity contribution in [3.8, 4) is 0 Å². The van der Waals surface area contributed by atoms with E-state index >= 15 is 0 Å². The quantitative estimate of drug-likeness (QED) is 0.640. The van der Waals surface area contributed by atoms with Gasteiger partial charge in [0.2, 0.25) is 0 Å². The Labute approximate surface area is 93.1 Å². The minimum absolute atomic E-state index is 0.0738. The van der Waals surface area contributed by atoms with E-state index in [-0.39, 0.29) is 18.0 Å². The molecule has 0 aliphatic rings. The normalized spacial score (nSPS) is 12.3. The number of esters is 1. The first-order valence-electron chi connectivity index (χ1n) is 5.59. The van der Waals surface area contributed by atoms with Crippen molar-refractivity contribution in [1.29, 1.82) is 0 Å². The molecule has 0 unspecified atom stereocenters. The monoisotopic (exact) mass is 216 g/mol. The van der Waals surface area contributed by atoms with Crippen molar-refractivity contribution < 1.29 is 14.3 Å². The third kappa shape index (κ3) is 7.37. The van der Waals surface area contributed by atoms with Gasteiger partial charge < -0.3 is 9.47 Å². The van der Waals surface area contributed by atoms with Gasteiger partial charge in [-0.3, -0.25) is 4.79 Å². The van der Waals surface area contributed by atoms with Crippen LogP contribution in [0.3, 0.4) is 0 Å². The molecular weight excluding hydrogens is 192 g/mol. The standard InChI is InChI=1S/C12H24O3/c1-9(2)11(13)15-12(5,6)7-8-14-10(3)4/h9-10H,7-8H2,1-6H3. The molecule has 0 fully saturated rings. The van der Waals surface area contributed by atoms with E-state index in [2.05, 4.69) is 0 Å². The number of carbonyl (C=O) groups excluding carboxylic acids is 1. The summed E-state index contributed by atoms with van der Waals surface area (Å²) in [7, 11) is 0. The molecule has 0 N–H and O–H groups in total. The zero-order chi connectivity index (χ0) is 12.1. The van der Waals surface area contributed by atoms with Gasteiger partial charge in [0.25, 0.3) is 0 Å². The molecule has 0 aliphatic heterocycles. The Bertz CT molecular complexity index is 195. The van der Waals surface area contributed by atoms with Crippen LogP contribution in [0.2, 0.25) is 0 Å². The third-order valence-corrected chi connectivity index (χ3v) is 2.00. The second-order valence-corrected chi connectivity index (χ2v) is 5.01. The maximum Gasteiger partial charge on any atom is 0.308 e. The molecule has 0 aromatic rings. The van der Waals surface area contributed by atoms with Crippen LogP contribution in [-0.2, 0) is 14.3 Å². The van der Waals surface area contributed by atoms with E-state index in [1.165, 1.54) is 0 Å². The Morgan fingerprint density at radius 3 is 2.13 bits per heavy atom. The van der Waals surface area contributed by atoms with Gasteiger partial charge in [-0.1, -0.05) is 13.8 Å². The average Bonchev–Trinajstić information content (AvgIpc) is 2.01. The molecule has 0 rings (SSSR count). The van der Waals surface area contributed by atoms with Crippen LogP contribution >= 0.6 is 0 Å². The third-order valence-electron chi connectivity index (χ3n) is 2.00. The van der Waals surface area contributed by atoms with Gasteiger partial charge in [0.05, 0.1) is 18.6 Å². The molecule has 3 nitrogen and oxygen atoms in total. The van der Waals surface area contributed by atoms with Gasteiger partial charge in [-0.15, -0.1) is 0 Å². The second-order valence-electron chi connectivity index (χ2n) is 5.01. The van der Waals surface area contributed by atoms with Crippen LogP contribution in [0.4, 0.5) is 0 Å². The largest absolute Gasteiger partial charge is 0.459 e. The van der Waals surface area contributed by atoms with Gasteiger partial charge in [-0.25, -0.2) is 0 Å². The number of rotatable bonds is 6. The fourth-order valence-corrected chi connectivity index (χ4v) is 0.982. The molecule has 0 aromatic heterocycles. The summed E-state index contributed by atoms with van der Waals surface area (Å²) < 4.78 is 10.8. The molecule has 0 amide bonds. The predicted molar refractivity (Wildman–Crippen MR) is 60.7 cm³/mol. The first-order valence-corrected chi connectivity index (χ1v) is 5.59. The summed E-state index contributed by atoms with van der Waals surface area (Å²) in [5, 5.41) is 0. The molecule has 0 atom stereocenters. The molecule has 15 heavy (non-hydrogen) atoms. The van der Waals surface area contributed by atoms with E-state index in [4.69, 9.17) is 9.47 Å². The van der Waals surface area contributed by atoms with Crippen LogP contribution < -0.4 is 0 Å². The summed E-state index contributed by atoms with van der Waals surface area (Å²) in [5.74, 6) is -0.222. The molecule has 0 spiro atoms. The number of ether oxygens (including phenoxy) is 2. The maximum atomic E-state index is 11.4. The molecule has 0 saturated carbocycles. The maximum absolute atomic E-state index is 11.4. The SMILES string of the molecule is CC(C)OCCC(C)(C)OC(=O)C(C)C. The fraction of sp³-hybridized carbons (Fsp3) is 0.917. The predicted octanol–water partition coefficient (Wildman–Crippen LogP) is 2.78. The van der Waals surface area contributed by atoms with Gasteiger partial charge in [0.1, 0.15) is 5.60 Å². The molecule has 0 bridgehead atoms. The first kappa shape index (κ1) is 14.4. The summed E-state index contributed by atoms with van der Waals surface area (Å²) in [6, 6.07) is 0. The molecule has 0 saturated heterocycles. The molecule has 0 aromatic carbocycles. The van der Waals surface area contributed by atoms with Crippen LogP contribution in [-0.4, -0.2) is 24.3 Å². The van der Waals surface area contributed by atoms with Crippen molar-refractivity contribution in [2.75, 3.05) is 6.61 Å². The average molecular weight is 216 g/mol. The fourth-order valence-electron chi connectivity index (χ4n) is 0.982. The second kappa shape index (κ2) is 6.11. The van der Waals surface area contributed by atoms with Crippen LogP contribution in [0.15, 0.2) is 0 Å². The van der Waals surface area contributed by atoms with Crippen molar-refractivity contribution in [2.24, 2.45) is 5.92 Å². The lowest BCUT2D eigenvalue weighted by atomic mass is 10.1. The first-order chi connectivity index (χ1) is 6.74. The summed E-state index contributed by atoms with van der Waals surface area (Å²) in [6.07, 6.45) is 0.950. The Hall–Kier alpha value is -0.570. The van der Waals surface area contributed by atoms with Crippen LogP contribution in [0.25, 0.3) is 0 Å². The van der Waals surface area contributed by atoms with Crippen LogP contribution in [0.1, 0.15) is 48.0 Å². The van der Waals surface area contributed by atoms with Gasteiger partial charge in [0, 0.05) is 6.42 Å². The molecule has 0 heterocycles. The Morgan fingerprint density at radius 1 is 1.20 bits per heavy atom. The van der Waals surface area contributed by atoms with Gasteiger partial charge in [0.15, 0.2) is 0 Å². The lowest BCUT2D eigenvalue weighted by Crippen LogP contribution is -2.31. The lowest BCUT2D eigenvalue weighted by molar-refractivity contribution is -0.162. The van der Waals surface area contributed by atoms with Crippen LogP contribution in [0.5, 0.6) is 0 Å². The molecular formula is C12H24O3. The van der Waals surface area contributed by atoms with Gasteiger partial charge in [-0.2, -0.15) is 0 Å². The smallest absolute Gasteiger partial charge is 0.308 e. The van der Waals surface area contributed by atoms with E-state index in [0.29, 0.717) is 6.61 Å². The van der Waals surface area contributed by atoms with Crippen molar-refractivity contribution >= 4 is 5.97 Å². The highest BCUT2D eigenvalue weighted by molar-refractivity contribution is 5.71. The van der Waals surface area contributed by atoms with E-state index in [9.17, 15) is 4.79 Å². The highest BCUT2D eigenvalue weighted by Gasteiger charge is 2.24. The zero-order valence-corrected chi connectivity index (χ0v) is 10.8. The van der Waals surface area contributed by atoms with Crippen molar-refractivity contribution in [2.45, 2.75) is 59.7 Å². The topological polar surface area (TPSA) is 35.5 Å². The van der Waals surface area contributed by atoms with E-state index in [1.807, 2.05) is 41.5 Å². The highest BCUT2D eigenvalue weighted by atomic mass is 16.6. The minimum atomic E-state index is -0.434. The zero-order valence-electron chi connectivity index (χ0n) is 10.8. The summed E-state index contributed by atoms with van der Waals surface area (Å²) in [6.45, 7) is 12.1. The molecule has 90 valence electrons. The number of hydrogen-bond donors (Lipinski definition) is 0. The van der Waals surface area contributed by atoms with E-state index < -0.39 is 5.60 Å². The van der Waals surface area contributed by atoms with E-state index in [1.54, 1.807) is 0 Å². The summed E-state index contributed by atoms with van der Waals surface area (Å²) in [5.41, 5.74) is -0.434. The van der Waals surface area contributed by atoms with Crippen LogP contribution in [0, 0.1) is 5.92 Å². The minimum Gasteiger partial charge on any atom is -0.459 e. The Kier molecular flexibility index (Phi) is 5.88. The highest BCUT2D eigenvalue weighted by Crippen LogP contribution is 2.17. The van der Waals surface area contributed by atoms with Crippen molar-refractivity contribution in [1.82, 2.24) is 0 Å². The number of hydrogen-bond acceptors (Lipinski definition) is 3. The van der Waals surface area contributed by atoms with E-state index in [0.717, 1.165) is 6.42 Å². The number of carbonyl (C=O) groups is 1. The summed E-state index contributed by atoms with van der Waals surface area (Å²) >= 11 is 0. The molecule has 0 radical (unpaired) electrons. The van der Waals surface area contributed by atoms with Gasteiger partial charge >= 0.3 is 5.97 Å². The Morgan fingerprint density at radius 2 is 1.73 bits per heavy atom. The van der Waals surface area contributed by atoms with Crippen molar-refractivity contribution in [3.05, 3.63) is 0 Å². The van der Waals surface area contributed by atoms with Gasteiger partial charge in [-0.05, 0) is 27.7 Å². The molecule has 0 aliphatic carbocycles. The molecule has 3 heteroatoms. The summed E-state index contributed by atoms with van der Waals surface area (Å²) in [4.78, 5) is 11.4.